The van der Waals surface area contributed by atoms with Gasteiger partial charge in [0.15, 0.2) is 0 Å². The van der Waals surface area contributed by atoms with Gasteiger partial charge in [0.2, 0.25) is 5.91 Å². The summed E-state index contributed by atoms with van der Waals surface area (Å²) in [7, 11) is -3.66. The van der Waals surface area contributed by atoms with Gasteiger partial charge in [0.05, 0.1) is 6.54 Å². The maximum atomic E-state index is 11.8. The molecule has 23 heavy (non-hydrogen) atoms. The summed E-state index contributed by atoms with van der Waals surface area (Å²) in [6, 6.07) is 3.07. The first-order valence-corrected chi connectivity index (χ1v) is 9.23. The molecule has 1 aromatic rings. The summed E-state index contributed by atoms with van der Waals surface area (Å²) in [5.41, 5.74) is -0.590. The van der Waals surface area contributed by atoms with Crippen LogP contribution in [0.1, 0.15) is 20.8 Å². The number of amides is 2. The van der Waals surface area contributed by atoms with Crippen LogP contribution in [0.5, 0.6) is 0 Å². The van der Waals surface area contributed by atoms with E-state index in [9.17, 15) is 18.0 Å². The number of hydrogen-bond donors (Lipinski definition) is 3. The molecule has 1 heterocycles. The van der Waals surface area contributed by atoms with E-state index in [1.807, 2.05) is 0 Å². The van der Waals surface area contributed by atoms with E-state index < -0.39 is 27.6 Å². The summed E-state index contributed by atoms with van der Waals surface area (Å²) < 4.78 is 31.0. The van der Waals surface area contributed by atoms with E-state index in [0.717, 1.165) is 11.3 Å². The van der Waals surface area contributed by atoms with E-state index in [2.05, 4.69) is 15.4 Å². The molecule has 0 saturated heterocycles. The smallest absolute Gasteiger partial charge is 0.407 e. The molecule has 130 valence electrons. The minimum Gasteiger partial charge on any atom is -0.444 e. The zero-order valence-electron chi connectivity index (χ0n) is 13.2. The van der Waals surface area contributed by atoms with Gasteiger partial charge in [-0.1, -0.05) is 6.07 Å². The Kier molecular flexibility index (Phi) is 6.98. The second-order valence-corrected chi connectivity index (χ2v) is 8.48. The van der Waals surface area contributed by atoms with Crippen molar-refractivity contribution < 1.29 is 22.7 Å². The lowest BCUT2D eigenvalue weighted by Crippen LogP contribution is -2.41. The molecule has 0 unspecified atom stereocenters. The van der Waals surface area contributed by atoms with E-state index in [1.54, 1.807) is 32.2 Å². The van der Waals surface area contributed by atoms with E-state index in [4.69, 9.17) is 4.74 Å². The Bertz CT molecular complexity index is 621. The summed E-state index contributed by atoms with van der Waals surface area (Å²) in [6.45, 7) is 5.21. The van der Waals surface area contributed by atoms with Gasteiger partial charge in [-0.05, 0) is 32.2 Å². The minimum atomic E-state index is -3.66. The fraction of sp³-hybridized carbons (Fsp3) is 0.538. The Morgan fingerprint density at radius 2 is 1.87 bits per heavy atom. The first-order valence-electron chi connectivity index (χ1n) is 6.87. The van der Waals surface area contributed by atoms with E-state index in [-0.39, 0.29) is 23.8 Å². The molecule has 0 aliphatic carbocycles. The highest BCUT2D eigenvalue weighted by Gasteiger charge is 2.17. The normalized spacial score (nSPS) is 11.8. The number of carbonyl (C=O) groups excluding carboxylic acids is 2. The van der Waals surface area contributed by atoms with Gasteiger partial charge in [-0.15, -0.1) is 11.3 Å². The second-order valence-electron chi connectivity index (χ2n) is 5.54. The van der Waals surface area contributed by atoms with Crippen LogP contribution < -0.4 is 15.4 Å². The molecule has 10 heteroatoms. The number of thiophene rings is 1. The number of nitrogens with one attached hydrogen (secondary N) is 3. The molecule has 1 rings (SSSR count). The molecule has 0 fully saturated rings. The average molecular weight is 363 g/mol. The van der Waals surface area contributed by atoms with Crippen LogP contribution in [0.25, 0.3) is 0 Å². The predicted octanol–water partition coefficient (Wildman–Crippen LogP) is 0.667. The standard InChI is InChI=1S/C13H21N3O5S2/c1-13(2,3)21-12(18)15-7-6-14-10(17)9-16-23(19,20)11-5-4-8-22-11/h4-5,8,16H,6-7,9H2,1-3H3,(H,14,17)(H,15,18). The molecule has 0 aromatic carbocycles. The van der Waals surface area contributed by atoms with Crippen LogP contribution in [0.2, 0.25) is 0 Å². The van der Waals surface area contributed by atoms with Gasteiger partial charge in [0.25, 0.3) is 10.0 Å². The Hall–Kier alpha value is -1.65. The molecule has 0 aliphatic heterocycles. The predicted molar refractivity (Wildman–Crippen MR) is 86.8 cm³/mol. The van der Waals surface area contributed by atoms with Gasteiger partial charge < -0.3 is 15.4 Å². The third-order valence-corrected chi connectivity index (χ3v) is 5.10. The Balaban J connectivity index is 2.22. The number of alkyl carbamates (subject to hydrolysis) is 1. The van der Waals surface area contributed by atoms with E-state index >= 15 is 0 Å². The maximum Gasteiger partial charge on any atom is 0.407 e. The monoisotopic (exact) mass is 363 g/mol. The van der Waals surface area contributed by atoms with Crippen molar-refractivity contribution in [3.8, 4) is 0 Å². The van der Waals surface area contributed by atoms with Gasteiger partial charge in [0, 0.05) is 13.1 Å². The van der Waals surface area contributed by atoms with Gasteiger partial charge in [-0.25, -0.2) is 17.9 Å². The van der Waals surface area contributed by atoms with Crippen molar-refractivity contribution in [3.63, 3.8) is 0 Å². The summed E-state index contributed by atoms with van der Waals surface area (Å²) in [4.78, 5) is 22.9. The molecular formula is C13H21N3O5S2. The van der Waals surface area contributed by atoms with Crippen molar-refractivity contribution in [1.29, 1.82) is 0 Å². The zero-order chi connectivity index (χ0) is 17.5. The largest absolute Gasteiger partial charge is 0.444 e. The number of rotatable bonds is 7. The molecule has 2 amide bonds. The fourth-order valence-corrected chi connectivity index (χ4v) is 3.41. The number of ether oxygens (including phenoxy) is 1. The lowest BCUT2D eigenvalue weighted by atomic mass is 10.2. The molecule has 0 bridgehead atoms. The Morgan fingerprint density at radius 1 is 1.22 bits per heavy atom. The highest BCUT2D eigenvalue weighted by atomic mass is 32.2. The molecule has 1 aromatic heterocycles. The summed E-state index contributed by atoms with van der Waals surface area (Å²) in [6.07, 6.45) is -0.579. The number of hydrogen-bond acceptors (Lipinski definition) is 6. The van der Waals surface area contributed by atoms with Gasteiger partial charge in [-0.2, -0.15) is 0 Å². The summed E-state index contributed by atoms with van der Waals surface area (Å²) in [5, 5.41) is 6.60. The minimum absolute atomic E-state index is 0.150. The lowest BCUT2D eigenvalue weighted by molar-refractivity contribution is -0.119. The molecule has 3 N–H and O–H groups in total. The van der Waals surface area contributed by atoms with Crippen LogP contribution >= 0.6 is 11.3 Å². The molecule has 0 saturated carbocycles. The average Bonchev–Trinajstić information content (AvgIpc) is 2.94. The SMILES string of the molecule is CC(C)(C)OC(=O)NCCNC(=O)CNS(=O)(=O)c1cccs1. The molecule has 0 atom stereocenters. The van der Waals surface area contributed by atoms with Crippen LogP contribution in [0.15, 0.2) is 21.7 Å². The molecule has 8 nitrogen and oxygen atoms in total. The van der Waals surface area contributed by atoms with Crippen molar-refractivity contribution in [2.45, 2.75) is 30.6 Å². The topological polar surface area (TPSA) is 114 Å². The van der Waals surface area contributed by atoms with Crippen molar-refractivity contribution >= 4 is 33.4 Å². The third kappa shape index (κ3) is 7.95. The van der Waals surface area contributed by atoms with Gasteiger partial charge in [0.1, 0.15) is 9.81 Å². The molecule has 0 radical (unpaired) electrons. The highest BCUT2D eigenvalue weighted by molar-refractivity contribution is 7.91. The van der Waals surface area contributed by atoms with Crippen LogP contribution in [-0.2, 0) is 19.6 Å². The quantitative estimate of drug-likeness (QED) is 0.616. The van der Waals surface area contributed by atoms with Gasteiger partial charge in [-0.3, -0.25) is 4.79 Å². The van der Waals surface area contributed by atoms with Crippen molar-refractivity contribution in [2.24, 2.45) is 0 Å². The second kappa shape index (κ2) is 8.27. The summed E-state index contributed by atoms with van der Waals surface area (Å²) in [5.74, 6) is -0.490. The van der Waals surface area contributed by atoms with Crippen molar-refractivity contribution in [1.82, 2.24) is 15.4 Å². The first-order chi connectivity index (χ1) is 10.6. The van der Waals surface area contributed by atoms with E-state index in [1.165, 1.54) is 6.07 Å². The fourth-order valence-electron chi connectivity index (χ4n) is 1.39. The molecule has 0 spiro atoms. The Morgan fingerprint density at radius 3 is 2.43 bits per heavy atom. The summed E-state index contributed by atoms with van der Waals surface area (Å²) >= 11 is 1.07. The maximum absolute atomic E-state index is 11.8. The number of sulfonamides is 1. The van der Waals surface area contributed by atoms with Crippen LogP contribution in [0.4, 0.5) is 4.79 Å². The van der Waals surface area contributed by atoms with Crippen molar-refractivity contribution in [2.75, 3.05) is 19.6 Å². The van der Waals surface area contributed by atoms with Crippen LogP contribution in [-0.4, -0.2) is 45.7 Å². The van der Waals surface area contributed by atoms with Crippen LogP contribution in [0.3, 0.4) is 0 Å². The van der Waals surface area contributed by atoms with Crippen LogP contribution in [0, 0.1) is 0 Å². The number of carbonyl (C=O) groups is 2. The molecular weight excluding hydrogens is 342 g/mol. The lowest BCUT2D eigenvalue weighted by Gasteiger charge is -2.19. The third-order valence-electron chi connectivity index (χ3n) is 2.30. The van der Waals surface area contributed by atoms with Crippen molar-refractivity contribution in [3.05, 3.63) is 17.5 Å². The Labute approximate surface area is 139 Å². The first kappa shape index (κ1) is 19.4. The zero-order valence-corrected chi connectivity index (χ0v) is 14.8. The van der Waals surface area contributed by atoms with E-state index in [0.29, 0.717) is 0 Å². The van der Waals surface area contributed by atoms with Gasteiger partial charge >= 0.3 is 6.09 Å². The molecule has 0 aliphatic rings. The highest BCUT2D eigenvalue weighted by Crippen LogP contribution is 2.14.